The van der Waals surface area contributed by atoms with Crippen molar-refractivity contribution in [3.05, 3.63) is 105 Å². The molecule has 0 radical (unpaired) electrons. The topological polar surface area (TPSA) is 199 Å². The highest BCUT2D eigenvalue weighted by Crippen LogP contribution is 2.38. The summed E-state index contributed by atoms with van der Waals surface area (Å²) in [6, 6.07) is 23.4. The third-order valence-corrected chi connectivity index (χ3v) is 14.9. The maximum atomic E-state index is 15.6. The Morgan fingerprint density at radius 3 is 1.87 bits per heavy atom. The van der Waals surface area contributed by atoms with Gasteiger partial charge in [0.05, 0.1) is 33.4 Å². The zero-order chi connectivity index (χ0) is 44.8. The lowest BCUT2D eigenvalue weighted by Gasteiger charge is -2.34. The summed E-state index contributed by atoms with van der Waals surface area (Å²) < 4.78 is 80.9. The van der Waals surface area contributed by atoms with Crippen LogP contribution >= 0.6 is 22.6 Å². The molecule has 1 amide bonds. The molecule has 0 aliphatic carbocycles. The van der Waals surface area contributed by atoms with Crippen LogP contribution in [0.1, 0.15) is 43.9 Å². The molecule has 0 unspecified atom stereocenters. The third kappa shape index (κ3) is 11.2. The zero-order valence-electron chi connectivity index (χ0n) is 35.4. The van der Waals surface area contributed by atoms with E-state index in [0.29, 0.717) is 58.0 Å². The second-order valence-corrected chi connectivity index (χ2v) is 20.4. The third-order valence-electron chi connectivity index (χ3n) is 10.4. The van der Waals surface area contributed by atoms with Crippen LogP contribution in [-0.2, 0) is 39.7 Å². The summed E-state index contributed by atoms with van der Waals surface area (Å²) in [5, 5.41) is 22.9. The Balaban J connectivity index is 1.42. The van der Waals surface area contributed by atoms with Crippen molar-refractivity contribution in [2.45, 2.75) is 68.2 Å². The van der Waals surface area contributed by atoms with E-state index in [1.807, 2.05) is 60.4 Å². The quantitative estimate of drug-likeness (QED) is 0.104. The van der Waals surface area contributed by atoms with E-state index in [1.165, 1.54) is 40.4 Å². The highest BCUT2D eigenvalue weighted by Gasteiger charge is 2.39. The average molecular weight is 1000 g/mol. The van der Waals surface area contributed by atoms with Gasteiger partial charge in [-0.2, -0.15) is 9.10 Å². The van der Waals surface area contributed by atoms with Crippen molar-refractivity contribution >= 4 is 48.7 Å². The maximum absolute atomic E-state index is 15.6. The van der Waals surface area contributed by atoms with E-state index in [2.05, 4.69) is 20.1 Å². The van der Waals surface area contributed by atoms with E-state index in [9.17, 15) is 18.3 Å². The Labute approximate surface area is 376 Å². The number of nitrogens with one attached hydrogen (secondary N) is 1. The first-order valence-corrected chi connectivity index (χ1v) is 23.7. The molecule has 20 heteroatoms. The van der Waals surface area contributed by atoms with Crippen LogP contribution in [0, 0.1) is 3.57 Å². The minimum Gasteiger partial charge on any atom is -0.497 e. The van der Waals surface area contributed by atoms with E-state index in [1.54, 1.807) is 67.8 Å². The van der Waals surface area contributed by atoms with Gasteiger partial charge in [-0.15, -0.1) is 10.2 Å². The van der Waals surface area contributed by atoms with Gasteiger partial charge in [0.15, 0.2) is 0 Å². The van der Waals surface area contributed by atoms with Crippen molar-refractivity contribution in [3.8, 4) is 28.6 Å². The van der Waals surface area contributed by atoms with Gasteiger partial charge in [0.1, 0.15) is 27.0 Å². The molecule has 1 aliphatic heterocycles. The predicted molar refractivity (Wildman–Crippen MR) is 240 cm³/mol. The van der Waals surface area contributed by atoms with Crippen LogP contribution in [0.15, 0.2) is 94.7 Å². The monoisotopic (exact) mass is 1000 g/mol. The number of ether oxygens (including phenoxy) is 3. The molecule has 0 saturated carbocycles. The number of likely N-dealkylation sites (tertiary alicyclic amines) is 1. The van der Waals surface area contributed by atoms with Crippen LogP contribution < -0.4 is 18.9 Å². The summed E-state index contributed by atoms with van der Waals surface area (Å²) >= 11 is 1.97. The SMILES string of the molecule is COc1ccc(CN(Cc2ccc(OC)cc2)S(=O)(=O)c2c(S(=O)(=O)N[C@@H]3CCN(CCN(C(=O)O)C(C)(C)C)C3)ccc(I)c2-c2nnn(Cc3ccc(OC)cc3)n2)cc1. The molecule has 1 aliphatic rings. The second kappa shape index (κ2) is 19.7. The largest absolute Gasteiger partial charge is 0.497 e. The van der Waals surface area contributed by atoms with Crippen LogP contribution in [0.3, 0.4) is 0 Å². The molecule has 1 saturated heterocycles. The van der Waals surface area contributed by atoms with Crippen LogP contribution in [0.2, 0.25) is 0 Å². The Bertz CT molecular complexity index is 2500. The van der Waals surface area contributed by atoms with Gasteiger partial charge in [0, 0.05) is 47.9 Å². The minimum atomic E-state index is -4.74. The molecule has 17 nitrogen and oxygen atoms in total. The number of carbonyl (C=O) groups is 1. The molecule has 62 heavy (non-hydrogen) atoms. The summed E-state index contributed by atoms with van der Waals surface area (Å²) in [7, 11) is -4.66. The van der Waals surface area contributed by atoms with E-state index in [0.717, 1.165) is 5.56 Å². The van der Waals surface area contributed by atoms with E-state index < -0.39 is 47.5 Å². The van der Waals surface area contributed by atoms with Crippen LogP contribution in [0.4, 0.5) is 4.79 Å². The Kier molecular flexibility index (Phi) is 14.8. The Hall–Kier alpha value is -4.87. The number of nitrogens with zero attached hydrogens (tertiary/aromatic N) is 7. The first-order chi connectivity index (χ1) is 29.4. The van der Waals surface area contributed by atoms with Crippen molar-refractivity contribution in [2.24, 2.45) is 0 Å². The molecule has 1 aromatic heterocycles. The van der Waals surface area contributed by atoms with Crippen LogP contribution in [-0.4, -0.2) is 121 Å². The highest BCUT2D eigenvalue weighted by atomic mass is 127. The van der Waals surface area contributed by atoms with Gasteiger partial charge in [-0.05, 0) is 127 Å². The van der Waals surface area contributed by atoms with Crippen molar-refractivity contribution in [1.82, 2.24) is 39.0 Å². The van der Waals surface area contributed by atoms with Crippen molar-refractivity contribution in [2.75, 3.05) is 47.5 Å². The average Bonchev–Trinajstić information content (AvgIpc) is 3.89. The van der Waals surface area contributed by atoms with E-state index in [4.69, 9.17) is 14.2 Å². The molecule has 332 valence electrons. The number of halogens is 1. The summed E-state index contributed by atoms with van der Waals surface area (Å²) in [4.78, 5) is 15.6. The van der Waals surface area contributed by atoms with Crippen molar-refractivity contribution in [3.63, 3.8) is 0 Å². The Morgan fingerprint density at radius 2 is 1.37 bits per heavy atom. The second-order valence-electron chi connectivity index (χ2n) is 15.7. The van der Waals surface area contributed by atoms with Crippen LogP contribution in [0.5, 0.6) is 17.2 Å². The molecule has 2 N–H and O–H groups in total. The number of hydrogen-bond acceptors (Lipinski definition) is 12. The number of hydrogen-bond donors (Lipinski definition) is 2. The molecule has 1 fully saturated rings. The fourth-order valence-corrected chi connectivity index (χ4v) is 11.7. The number of amides is 1. The molecule has 4 aromatic carbocycles. The van der Waals surface area contributed by atoms with Crippen LogP contribution in [0.25, 0.3) is 11.4 Å². The summed E-state index contributed by atoms with van der Waals surface area (Å²) in [6.07, 6.45) is -0.621. The van der Waals surface area contributed by atoms with Gasteiger partial charge in [-0.1, -0.05) is 36.4 Å². The number of sulfonamides is 2. The number of benzene rings is 4. The molecular formula is C42H51IN8O9S2. The van der Waals surface area contributed by atoms with Gasteiger partial charge < -0.3 is 24.2 Å². The Morgan fingerprint density at radius 1 is 0.839 bits per heavy atom. The fraction of sp³-hybridized carbons (Fsp3) is 0.381. The first-order valence-electron chi connectivity index (χ1n) is 19.7. The molecule has 0 spiro atoms. The van der Waals surface area contributed by atoms with Crippen molar-refractivity contribution < 1.29 is 40.9 Å². The van der Waals surface area contributed by atoms with Gasteiger partial charge >= 0.3 is 6.09 Å². The standard InChI is InChI=1S/C42H51IN8O9S2/c1-42(2,3)50(41(52)53)24-23-48-22-21-32(28-48)46-61(54,55)37-20-19-36(43)38(40-44-47-51(45-40)27-31-11-17-35(60-6)18-12-31)39(37)62(56,57)49(25-29-7-13-33(58-4)14-8-29)26-30-9-15-34(59-5)16-10-30/h7-20,32,46H,21-28H2,1-6H3,(H,52,53)/t32-/m1/s1. The number of methoxy groups -OCH3 is 3. The number of tetrazole rings is 1. The highest BCUT2D eigenvalue weighted by molar-refractivity contribution is 14.1. The normalized spacial score (nSPS) is 14.9. The minimum absolute atomic E-state index is 0.0205. The predicted octanol–water partition coefficient (Wildman–Crippen LogP) is 5.54. The van der Waals surface area contributed by atoms with E-state index in [-0.39, 0.29) is 37.6 Å². The molecule has 1 atom stereocenters. The maximum Gasteiger partial charge on any atom is 0.407 e. The lowest BCUT2D eigenvalue weighted by molar-refractivity contribution is 0.0932. The molecule has 0 bridgehead atoms. The molecule has 5 aromatic rings. The first kappa shape index (κ1) is 46.6. The molecular weight excluding hydrogens is 952 g/mol. The smallest absolute Gasteiger partial charge is 0.407 e. The van der Waals surface area contributed by atoms with E-state index >= 15 is 8.42 Å². The lowest BCUT2D eigenvalue weighted by Crippen LogP contribution is -2.48. The van der Waals surface area contributed by atoms with Gasteiger partial charge in [0.2, 0.25) is 25.9 Å². The summed E-state index contributed by atoms with van der Waals surface area (Å²) in [6.45, 7) is 6.78. The number of rotatable bonds is 18. The zero-order valence-corrected chi connectivity index (χ0v) is 39.1. The molecule has 6 rings (SSSR count). The fourth-order valence-electron chi connectivity index (χ4n) is 7.12. The summed E-state index contributed by atoms with van der Waals surface area (Å²) in [5.41, 5.74) is 1.43. The molecule has 2 heterocycles. The lowest BCUT2D eigenvalue weighted by atomic mass is 10.1. The number of aromatic nitrogens is 4. The summed E-state index contributed by atoms with van der Waals surface area (Å²) in [5.74, 6) is 1.75. The van der Waals surface area contributed by atoms with Crippen molar-refractivity contribution in [1.29, 1.82) is 0 Å². The van der Waals surface area contributed by atoms with Gasteiger partial charge in [-0.25, -0.2) is 26.4 Å². The number of carboxylic acid groups (broad SMARTS) is 1. The van der Waals surface area contributed by atoms with Gasteiger partial charge in [-0.3, -0.25) is 4.90 Å². The van der Waals surface area contributed by atoms with Gasteiger partial charge in [0.25, 0.3) is 0 Å².